The number of para-hydroxylation sites is 1. The Hall–Kier alpha value is -4.31. The fourth-order valence-electron chi connectivity index (χ4n) is 5.18. The van der Waals surface area contributed by atoms with Gasteiger partial charge in [-0.05, 0) is 51.0 Å². The zero-order chi connectivity index (χ0) is 29.4. The maximum atomic E-state index is 14.3. The first-order valence-corrected chi connectivity index (χ1v) is 14.3. The van der Waals surface area contributed by atoms with Crippen LogP contribution in [0.3, 0.4) is 0 Å². The monoisotopic (exact) mass is 573 g/mol. The first kappa shape index (κ1) is 28.2. The number of thiazole rings is 1. The first-order valence-electron chi connectivity index (χ1n) is 13.5. The molecular weight excluding hydrogens is 542 g/mol. The summed E-state index contributed by atoms with van der Waals surface area (Å²) in [5.74, 6) is -1.31. The van der Waals surface area contributed by atoms with E-state index in [4.69, 9.17) is 9.47 Å². The number of methoxy groups -OCH3 is 1. The van der Waals surface area contributed by atoms with Crippen LogP contribution in [0.1, 0.15) is 68.1 Å². The van der Waals surface area contributed by atoms with Crippen LogP contribution in [0, 0.1) is 0 Å². The number of anilines is 1. The van der Waals surface area contributed by atoms with Gasteiger partial charge in [0.25, 0.3) is 11.5 Å². The molecule has 10 heteroatoms. The molecule has 0 aliphatic carbocycles. The third-order valence-electron chi connectivity index (χ3n) is 7.09. The largest absolute Gasteiger partial charge is 0.465 e. The highest BCUT2D eigenvalue weighted by Crippen LogP contribution is 2.36. The lowest BCUT2D eigenvalue weighted by Crippen LogP contribution is -2.41. The number of nitrogens with zero attached hydrogens (tertiary/aromatic N) is 3. The Kier molecular flexibility index (Phi) is 7.77. The third-order valence-corrected chi connectivity index (χ3v) is 8.15. The summed E-state index contributed by atoms with van der Waals surface area (Å²) < 4.78 is 12.1. The van der Waals surface area contributed by atoms with Crippen LogP contribution in [-0.2, 0) is 19.1 Å². The molecule has 0 bridgehead atoms. The van der Waals surface area contributed by atoms with E-state index in [1.807, 2.05) is 24.3 Å². The number of hydrogen-bond acceptors (Lipinski definition) is 8. The second-order valence-electron chi connectivity index (χ2n) is 10.2. The number of fused-ring (bicyclic) bond motifs is 2. The number of allylic oxidation sites excluding steroid dienone is 1. The van der Waals surface area contributed by atoms with Gasteiger partial charge in [0.2, 0.25) is 0 Å². The van der Waals surface area contributed by atoms with Gasteiger partial charge in [-0.15, -0.1) is 0 Å². The fraction of sp³-hybridized carbons (Fsp3) is 0.323. The minimum absolute atomic E-state index is 0.219. The van der Waals surface area contributed by atoms with Crippen LogP contribution in [0.15, 0.2) is 69.6 Å². The number of benzene rings is 2. The number of carbonyl (C=O) groups excluding carboxylic acids is 3. The Morgan fingerprint density at radius 3 is 2.41 bits per heavy atom. The zero-order valence-electron chi connectivity index (χ0n) is 23.6. The summed E-state index contributed by atoms with van der Waals surface area (Å²) in [6, 6.07) is 13.1. The van der Waals surface area contributed by atoms with Gasteiger partial charge in [-0.1, -0.05) is 55.0 Å². The van der Waals surface area contributed by atoms with Gasteiger partial charge in [0, 0.05) is 12.1 Å². The molecule has 0 spiro atoms. The normalized spacial score (nSPS) is 17.4. The molecule has 2 aliphatic heterocycles. The molecule has 3 heterocycles. The van der Waals surface area contributed by atoms with Gasteiger partial charge in [0.05, 0.1) is 47.3 Å². The average Bonchev–Trinajstić information content (AvgIpc) is 3.42. The number of ether oxygens (including phenoxy) is 2. The molecule has 212 valence electrons. The van der Waals surface area contributed by atoms with Crippen LogP contribution in [0.2, 0.25) is 0 Å². The van der Waals surface area contributed by atoms with Gasteiger partial charge in [-0.3, -0.25) is 14.2 Å². The summed E-state index contributed by atoms with van der Waals surface area (Å²) in [6.07, 6.45) is 1.36. The first-order chi connectivity index (χ1) is 19.7. The lowest BCUT2D eigenvalue weighted by Gasteiger charge is -2.25. The molecule has 0 saturated carbocycles. The smallest absolute Gasteiger partial charge is 0.338 e. The molecule has 0 fully saturated rings. The van der Waals surface area contributed by atoms with E-state index in [2.05, 4.69) is 11.9 Å². The molecule has 1 aromatic heterocycles. The number of hydrogen-bond donors (Lipinski definition) is 0. The molecule has 3 aromatic rings. The fourth-order valence-corrected chi connectivity index (χ4v) is 6.32. The number of rotatable bonds is 7. The van der Waals surface area contributed by atoms with Gasteiger partial charge < -0.3 is 14.4 Å². The second kappa shape index (κ2) is 11.3. The van der Waals surface area contributed by atoms with Crippen LogP contribution in [0.5, 0.6) is 0 Å². The van der Waals surface area contributed by atoms with Crippen molar-refractivity contribution in [3.8, 4) is 0 Å². The molecule has 0 saturated heterocycles. The van der Waals surface area contributed by atoms with Gasteiger partial charge in [-0.2, -0.15) is 0 Å². The van der Waals surface area contributed by atoms with Crippen LogP contribution < -0.4 is 19.8 Å². The van der Waals surface area contributed by atoms with Gasteiger partial charge >= 0.3 is 11.9 Å². The SMILES string of the molecule is CCCCN1C(=O)C(=c2sc3n(c2=O)C(c2ccc(C(=O)OC)cc2)C(C(=O)OC(C)C)=C(C)N=3)c2ccccc21. The van der Waals surface area contributed by atoms with Crippen molar-refractivity contribution < 1.29 is 23.9 Å². The maximum absolute atomic E-state index is 14.3. The Labute approximate surface area is 241 Å². The topological polar surface area (TPSA) is 107 Å². The van der Waals surface area contributed by atoms with Gasteiger partial charge in [0.15, 0.2) is 4.80 Å². The van der Waals surface area contributed by atoms with Crippen LogP contribution in [0.25, 0.3) is 5.57 Å². The van der Waals surface area contributed by atoms with Crippen LogP contribution >= 0.6 is 11.3 Å². The van der Waals surface area contributed by atoms with E-state index in [1.165, 1.54) is 11.7 Å². The minimum Gasteiger partial charge on any atom is -0.465 e. The predicted molar refractivity (Wildman–Crippen MR) is 155 cm³/mol. The molecule has 5 rings (SSSR count). The van der Waals surface area contributed by atoms with Crippen molar-refractivity contribution in [2.24, 2.45) is 4.99 Å². The summed E-state index contributed by atoms with van der Waals surface area (Å²) in [5, 5.41) is 0. The van der Waals surface area contributed by atoms with Crippen LogP contribution in [0.4, 0.5) is 5.69 Å². The van der Waals surface area contributed by atoms with Gasteiger partial charge in [-0.25, -0.2) is 14.6 Å². The summed E-state index contributed by atoms with van der Waals surface area (Å²) in [5.41, 5.74) is 2.95. The Morgan fingerprint density at radius 2 is 1.76 bits per heavy atom. The lowest BCUT2D eigenvalue weighted by atomic mass is 9.95. The van der Waals surface area contributed by atoms with Crippen LogP contribution in [-0.4, -0.2) is 42.2 Å². The third kappa shape index (κ3) is 4.93. The Balaban J connectivity index is 1.75. The number of aromatic nitrogens is 1. The van der Waals surface area contributed by atoms with Gasteiger partial charge in [0.1, 0.15) is 4.53 Å². The molecule has 0 N–H and O–H groups in total. The summed E-state index contributed by atoms with van der Waals surface area (Å²) in [6.45, 7) is 7.81. The molecule has 1 unspecified atom stereocenters. The summed E-state index contributed by atoms with van der Waals surface area (Å²) >= 11 is 1.13. The van der Waals surface area contributed by atoms with E-state index >= 15 is 0 Å². The Bertz CT molecular complexity index is 1760. The quantitative estimate of drug-likeness (QED) is 0.401. The van der Waals surface area contributed by atoms with Crippen molar-refractivity contribution in [2.45, 2.75) is 52.7 Å². The van der Waals surface area contributed by atoms with E-state index < -0.39 is 29.6 Å². The van der Waals surface area contributed by atoms with Crippen molar-refractivity contribution in [3.63, 3.8) is 0 Å². The number of amides is 1. The molecular formula is C31H31N3O6S. The van der Waals surface area contributed by atoms with E-state index in [0.29, 0.717) is 39.3 Å². The summed E-state index contributed by atoms with van der Waals surface area (Å²) in [7, 11) is 1.30. The minimum atomic E-state index is -0.874. The second-order valence-corrected chi connectivity index (χ2v) is 11.2. The van der Waals surface area contributed by atoms with Crippen molar-refractivity contribution in [2.75, 3.05) is 18.6 Å². The lowest BCUT2D eigenvalue weighted by molar-refractivity contribution is -0.143. The highest BCUT2D eigenvalue weighted by atomic mass is 32.1. The predicted octanol–water partition coefficient (Wildman–Crippen LogP) is 3.49. The Morgan fingerprint density at radius 1 is 1.05 bits per heavy atom. The molecule has 2 aromatic carbocycles. The summed E-state index contributed by atoms with van der Waals surface area (Å²) in [4.78, 5) is 60.2. The highest BCUT2D eigenvalue weighted by molar-refractivity contribution is 7.07. The number of carbonyl (C=O) groups is 3. The van der Waals surface area contributed by atoms with E-state index in [-0.39, 0.29) is 16.0 Å². The van der Waals surface area contributed by atoms with E-state index in [0.717, 1.165) is 29.9 Å². The molecule has 9 nitrogen and oxygen atoms in total. The van der Waals surface area contributed by atoms with E-state index in [1.54, 1.807) is 49.9 Å². The van der Waals surface area contributed by atoms with Crippen molar-refractivity contribution >= 4 is 40.4 Å². The van der Waals surface area contributed by atoms with Crippen molar-refractivity contribution in [3.05, 3.63) is 96.2 Å². The van der Waals surface area contributed by atoms with Crippen molar-refractivity contribution in [1.29, 1.82) is 0 Å². The average molecular weight is 574 g/mol. The molecule has 1 amide bonds. The number of esters is 2. The molecule has 0 radical (unpaired) electrons. The molecule has 2 aliphatic rings. The molecule has 41 heavy (non-hydrogen) atoms. The zero-order valence-corrected chi connectivity index (χ0v) is 24.4. The standard InChI is InChI=1S/C31H31N3O6S/c1-6-7-16-33-22-11-9-8-10-21(22)24(27(33)35)26-28(36)34-25(19-12-14-20(15-13-19)29(37)39-5)23(30(38)40-17(2)3)18(4)32-31(34)41-26/h8-15,17,25H,6-7,16H2,1-5H3. The maximum Gasteiger partial charge on any atom is 0.338 e. The van der Waals surface area contributed by atoms with Crippen molar-refractivity contribution in [1.82, 2.24) is 4.57 Å². The highest BCUT2D eigenvalue weighted by Gasteiger charge is 2.37. The molecule has 1 atom stereocenters. The number of unbranched alkanes of at least 4 members (excludes halogenated alkanes) is 1. The van der Waals surface area contributed by atoms with E-state index in [9.17, 15) is 19.2 Å².